The van der Waals surface area contributed by atoms with Crippen molar-refractivity contribution in [3.63, 3.8) is 0 Å². The third kappa shape index (κ3) is 3.46. The van der Waals surface area contributed by atoms with Gasteiger partial charge in [-0.3, -0.25) is 4.90 Å². The van der Waals surface area contributed by atoms with Gasteiger partial charge in [0.2, 0.25) is 0 Å². The van der Waals surface area contributed by atoms with Crippen molar-refractivity contribution in [3.8, 4) is 0 Å². The Bertz CT molecular complexity index is 594. The molecule has 2 aromatic rings. The van der Waals surface area contributed by atoms with E-state index in [0.29, 0.717) is 6.04 Å². The molecule has 1 atom stereocenters. The SMILES string of the molecule is c1ccc2[nH]c(C3CCCCN3CCN3CCCCC3)cc2c1. The van der Waals surface area contributed by atoms with Crippen LogP contribution in [0.2, 0.25) is 0 Å². The molecule has 2 fully saturated rings. The predicted molar refractivity (Wildman–Crippen MR) is 96.8 cm³/mol. The second-order valence-electron chi connectivity index (χ2n) is 7.26. The third-order valence-electron chi connectivity index (χ3n) is 5.68. The first-order valence-corrected chi connectivity index (χ1v) is 9.44. The average molecular weight is 311 g/mol. The lowest BCUT2D eigenvalue weighted by molar-refractivity contribution is 0.116. The molecule has 0 spiro atoms. The quantitative estimate of drug-likeness (QED) is 0.915. The van der Waals surface area contributed by atoms with Crippen LogP contribution in [0.5, 0.6) is 0 Å². The van der Waals surface area contributed by atoms with Gasteiger partial charge in [-0.05, 0) is 62.8 Å². The van der Waals surface area contributed by atoms with E-state index in [1.807, 2.05) is 0 Å². The summed E-state index contributed by atoms with van der Waals surface area (Å²) in [5.74, 6) is 0. The number of hydrogen-bond acceptors (Lipinski definition) is 2. The zero-order valence-corrected chi connectivity index (χ0v) is 14.1. The molecule has 1 aromatic carbocycles. The van der Waals surface area contributed by atoms with E-state index in [1.165, 1.54) is 87.8 Å². The molecule has 0 saturated carbocycles. The number of piperidine rings is 2. The molecular formula is C20H29N3. The molecule has 0 bridgehead atoms. The summed E-state index contributed by atoms with van der Waals surface area (Å²) < 4.78 is 0. The zero-order valence-electron chi connectivity index (χ0n) is 14.1. The maximum absolute atomic E-state index is 3.68. The molecular weight excluding hydrogens is 282 g/mol. The zero-order chi connectivity index (χ0) is 15.5. The number of aromatic amines is 1. The number of aromatic nitrogens is 1. The average Bonchev–Trinajstić information content (AvgIpc) is 3.05. The number of likely N-dealkylation sites (tertiary alicyclic amines) is 2. The molecule has 0 aliphatic carbocycles. The van der Waals surface area contributed by atoms with Crippen LogP contribution in [0.1, 0.15) is 50.3 Å². The van der Waals surface area contributed by atoms with Gasteiger partial charge in [0.05, 0.1) is 0 Å². The maximum atomic E-state index is 3.68. The molecule has 4 rings (SSSR count). The van der Waals surface area contributed by atoms with Crippen LogP contribution in [0.25, 0.3) is 10.9 Å². The number of benzene rings is 1. The molecule has 2 aliphatic rings. The molecule has 2 saturated heterocycles. The van der Waals surface area contributed by atoms with Crippen molar-refractivity contribution in [2.45, 2.75) is 44.6 Å². The molecule has 0 amide bonds. The number of H-pyrrole nitrogens is 1. The van der Waals surface area contributed by atoms with Gasteiger partial charge in [-0.25, -0.2) is 0 Å². The minimum Gasteiger partial charge on any atom is -0.357 e. The highest BCUT2D eigenvalue weighted by Crippen LogP contribution is 2.32. The smallest absolute Gasteiger partial charge is 0.0499 e. The van der Waals surface area contributed by atoms with E-state index >= 15 is 0 Å². The Morgan fingerprint density at radius 2 is 1.74 bits per heavy atom. The number of nitrogens with one attached hydrogen (secondary N) is 1. The van der Waals surface area contributed by atoms with Gasteiger partial charge in [-0.1, -0.05) is 31.0 Å². The summed E-state index contributed by atoms with van der Waals surface area (Å²) in [5, 5.41) is 1.35. The van der Waals surface area contributed by atoms with Gasteiger partial charge >= 0.3 is 0 Å². The topological polar surface area (TPSA) is 22.3 Å². The third-order valence-corrected chi connectivity index (χ3v) is 5.68. The summed E-state index contributed by atoms with van der Waals surface area (Å²) in [6.45, 7) is 6.35. The van der Waals surface area contributed by atoms with E-state index in [9.17, 15) is 0 Å². The van der Waals surface area contributed by atoms with E-state index < -0.39 is 0 Å². The lowest BCUT2D eigenvalue weighted by atomic mass is 9.99. The molecule has 3 heteroatoms. The van der Waals surface area contributed by atoms with Crippen molar-refractivity contribution in [3.05, 3.63) is 36.0 Å². The lowest BCUT2D eigenvalue weighted by Crippen LogP contribution is -2.41. The summed E-state index contributed by atoms with van der Waals surface area (Å²) in [4.78, 5) is 9.07. The van der Waals surface area contributed by atoms with E-state index in [1.54, 1.807) is 0 Å². The Hall–Kier alpha value is -1.32. The van der Waals surface area contributed by atoms with Crippen molar-refractivity contribution < 1.29 is 0 Å². The van der Waals surface area contributed by atoms with Crippen LogP contribution >= 0.6 is 0 Å². The molecule has 1 unspecified atom stereocenters. The minimum absolute atomic E-state index is 0.584. The largest absolute Gasteiger partial charge is 0.357 e. The molecule has 3 heterocycles. The second kappa shape index (κ2) is 7.06. The Morgan fingerprint density at radius 1 is 0.913 bits per heavy atom. The maximum Gasteiger partial charge on any atom is 0.0499 e. The molecule has 3 nitrogen and oxygen atoms in total. The fourth-order valence-corrected chi connectivity index (χ4v) is 4.34. The van der Waals surface area contributed by atoms with Gasteiger partial charge < -0.3 is 9.88 Å². The van der Waals surface area contributed by atoms with Gasteiger partial charge in [0.1, 0.15) is 0 Å². The van der Waals surface area contributed by atoms with Crippen molar-refractivity contribution in [2.75, 3.05) is 32.7 Å². The molecule has 23 heavy (non-hydrogen) atoms. The minimum atomic E-state index is 0.584. The molecule has 0 radical (unpaired) electrons. The van der Waals surface area contributed by atoms with Crippen molar-refractivity contribution in [1.29, 1.82) is 0 Å². The molecule has 1 N–H and O–H groups in total. The van der Waals surface area contributed by atoms with Crippen LogP contribution in [0.3, 0.4) is 0 Å². The highest BCUT2D eigenvalue weighted by atomic mass is 15.2. The Kier molecular flexibility index (Phi) is 4.67. The van der Waals surface area contributed by atoms with Crippen molar-refractivity contribution in [2.24, 2.45) is 0 Å². The van der Waals surface area contributed by atoms with E-state index in [0.717, 1.165) is 0 Å². The fourth-order valence-electron chi connectivity index (χ4n) is 4.34. The number of rotatable bonds is 4. The van der Waals surface area contributed by atoms with Crippen LogP contribution in [0.4, 0.5) is 0 Å². The van der Waals surface area contributed by atoms with Gasteiger partial charge in [0.25, 0.3) is 0 Å². The summed E-state index contributed by atoms with van der Waals surface area (Å²) in [7, 11) is 0. The van der Waals surface area contributed by atoms with Gasteiger partial charge in [0, 0.05) is 30.3 Å². The Labute approximate surface area is 139 Å². The van der Waals surface area contributed by atoms with E-state index in [-0.39, 0.29) is 0 Å². The lowest BCUT2D eigenvalue weighted by Gasteiger charge is -2.37. The number of para-hydroxylation sites is 1. The van der Waals surface area contributed by atoms with Gasteiger partial charge in [0.15, 0.2) is 0 Å². The van der Waals surface area contributed by atoms with Crippen LogP contribution in [-0.4, -0.2) is 47.5 Å². The summed E-state index contributed by atoms with van der Waals surface area (Å²) in [5.41, 5.74) is 2.70. The molecule has 1 aromatic heterocycles. The van der Waals surface area contributed by atoms with E-state index in [2.05, 4.69) is 45.1 Å². The monoisotopic (exact) mass is 311 g/mol. The Morgan fingerprint density at radius 3 is 2.61 bits per heavy atom. The number of hydrogen-bond donors (Lipinski definition) is 1. The van der Waals surface area contributed by atoms with Crippen molar-refractivity contribution >= 4 is 10.9 Å². The summed E-state index contributed by atoms with van der Waals surface area (Å²) >= 11 is 0. The van der Waals surface area contributed by atoms with Crippen molar-refractivity contribution in [1.82, 2.24) is 14.8 Å². The molecule has 2 aliphatic heterocycles. The highest BCUT2D eigenvalue weighted by molar-refractivity contribution is 5.80. The molecule has 124 valence electrons. The van der Waals surface area contributed by atoms with Crippen LogP contribution in [0.15, 0.2) is 30.3 Å². The number of nitrogens with zero attached hydrogens (tertiary/aromatic N) is 2. The first-order valence-electron chi connectivity index (χ1n) is 9.44. The van der Waals surface area contributed by atoms with Crippen LogP contribution in [-0.2, 0) is 0 Å². The van der Waals surface area contributed by atoms with Gasteiger partial charge in [-0.2, -0.15) is 0 Å². The highest BCUT2D eigenvalue weighted by Gasteiger charge is 2.25. The fraction of sp³-hybridized carbons (Fsp3) is 0.600. The first-order chi connectivity index (χ1) is 11.4. The summed E-state index contributed by atoms with van der Waals surface area (Å²) in [6.07, 6.45) is 8.23. The van der Waals surface area contributed by atoms with Crippen LogP contribution in [0, 0.1) is 0 Å². The van der Waals surface area contributed by atoms with Gasteiger partial charge in [-0.15, -0.1) is 0 Å². The Balaban J connectivity index is 1.46. The summed E-state index contributed by atoms with van der Waals surface area (Å²) in [6, 6.07) is 11.6. The predicted octanol–water partition coefficient (Wildman–Crippen LogP) is 4.18. The number of fused-ring (bicyclic) bond motifs is 1. The normalized spacial score (nSPS) is 24.3. The second-order valence-corrected chi connectivity index (χ2v) is 7.26. The van der Waals surface area contributed by atoms with E-state index in [4.69, 9.17) is 0 Å². The standard InChI is InChI=1S/C20H29N3/c1-5-11-22(12-6-1)14-15-23-13-7-4-10-20(23)19-16-17-8-2-3-9-18(17)21-19/h2-3,8-9,16,20-21H,1,4-7,10-15H2. The van der Waals surface area contributed by atoms with Crippen LogP contribution < -0.4 is 0 Å². The first kappa shape index (κ1) is 15.2.